The van der Waals surface area contributed by atoms with Crippen molar-refractivity contribution in [3.8, 4) is 0 Å². The minimum Gasteiger partial charge on any atom is -0.367 e. The summed E-state index contributed by atoms with van der Waals surface area (Å²) in [6, 6.07) is 9.39. The zero-order valence-electron chi connectivity index (χ0n) is 20.0. The molecule has 2 aliphatic heterocycles. The van der Waals surface area contributed by atoms with Crippen molar-refractivity contribution in [3.05, 3.63) is 53.2 Å². The molecule has 3 aromatic rings. The van der Waals surface area contributed by atoms with E-state index in [0.717, 1.165) is 43.0 Å². The van der Waals surface area contributed by atoms with E-state index in [4.69, 9.17) is 4.98 Å². The normalized spacial score (nSPS) is 19.3. The van der Waals surface area contributed by atoms with Gasteiger partial charge < -0.3 is 10.2 Å². The van der Waals surface area contributed by atoms with Gasteiger partial charge in [0.2, 0.25) is 16.0 Å². The molecule has 3 heterocycles. The summed E-state index contributed by atoms with van der Waals surface area (Å²) in [5, 5.41) is 3.79. The Morgan fingerprint density at radius 3 is 2.47 bits per heavy atom. The summed E-state index contributed by atoms with van der Waals surface area (Å²) in [5.74, 6) is 0.364. The third-order valence-electron chi connectivity index (χ3n) is 7.28. The molecule has 1 saturated carbocycles. The van der Waals surface area contributed by atoms with Crippen LogP contribution in [0.4, 0.5) is 26.1 Å². The standard InChI is InChI=1S/C25H28F2N6O2S/c1-36(34,35)33-14-16-2-3-20(11-19(16)15-33)29-25-28-13-18-10-17(24(26)27)12-22(23(18)30-25)32-8-6-31(7-9-32)21-4-5-21/h2-3,10-13,21,24H,4-9,14-15H2,1H3,(H,28,29,30). The van der Waals surface area contributed by atoms with Crippen LogP contribution >= 0.6 is 0 Å². The van der Waals surface area contributed by atoms with Gasteiger partial charge in [-0.05, 0) is 48.2 Å². The molecule has 2 fully saturated rings. The van der Waals surface area contributed by atoms with Crippen LogP contribution in [0.15, 0.2) is 36.5 Å². The van der Waals surface area contributed by atoms with Crippen molar-refractivity contribution in [2.75, 3.05) is 42.7 Å². The Labute approximate surface area is 209 Å². The summed E-state index contributed by atoms with van der Waals surface area (Å²) in [6.45, 7) is 4.07. The highest BCUT2D eigenvalue weighted by Crippen LogP contribution is 2.35. The molecule has 1 saturated heterocycles. The molecular formula is C25H28F2N6O2S. The van der Waals surface area contributed by atoms with E-state index in [-0.39, 0.29) is 5.56 Å². The molecule has 0 unspecified atom stereocenters. The monoisotopic (exact) mass is 514 g/mol. The van der Waals surface area contributed by atoms with Crippen LogP contribution in [0, 0.1) is 0 Å². The second kappa shape index (κ2) is 8.89. The maximum atomic E-state index is 13.7. The summed E-state index contributed by atoms with van der Waals surface area (Å²) in [6.07, 6.45) is 2.72. The van der Waals surface area contributed by atoms with E-state index in [0.29, 0.717) is 41.7 Å². The number of rotatable bonds is 6. The first kappa shape index (κ1) is 23.5. The van der Waals surface area contributed by atoms with E-state index in [1.807, 2.05) is 18.2 Å². The van der Waals surface area contributed by atoms with E-state index < -0.39 is 16.4 Å². The molecule has 11 heteroatoms. The number of fused-ring (bicyclic) bond motifs is 2. The number of hydrogen-bond donors (Lipinski definition) is 1. The molecule has 6 rings (SSSR count). The van der Waals surface area contributed by atoms with E-state index in [1.165, 1.54) is 29.5 Å². The molecule has 0 bridgehead atoms. The average molecular weight is 515 g/mol. The van der Waals surface area contributed by atoms with Gasteiger partial charge in [-0.1, -0.05) is 6.07 Å². The van der Waals surface area contributed by atoms with Gasteiger partial charge in [0.05, 0.1) is 17.5 Å². The van der Waals surface area contributed by atoms with Crippen molar-refractivity contribution in [3.63, 3.8) is 0 Å². The van der Waals surface area contributed by atoms with Gasteiger partial charge in [0.15, 0.2) is 0 Å². The summed E-state index contributed by atoms with van der Waals surface area (Å²) in [5.41, 5.74) is 3.97. The third-order valence-corrected chi connectivity index (χ3v) is 8.48. The van der Waals surface area contributed by atoms with Gasteiger partial charge in [-0.15, -0.1) is 0 Å². The Kier molecular flexibility index (Phi) is 5.81. The minimum atomic E-state index is -3.27. The van der Waals surface area contributed by atoms with Crippen LogP contribution in [-0.2, 0) is 23.1 Å². The van der Waals surface area contributed by atoms with Crippen LogP contribution in [0.25, 0.3) is 10.9 Å². The van der Waals surface area contributed by atoms with Gasteiger partial charge in [0, 0.05) is 68.1 Å². The van der Waals surface area contributed by atoms with Gasteiger partial charge in [0.1, 0.15) is 0 Å². The first-order valence-electron chi connectivity index (χ1n) is 12.2. The number of aromatic nitrogens is 2. The van der Waals surface area contributed by atoms with Crippen LogP contribution in [-0.4, -0.2) is 66.1 Å². The number of nitrogens with one attached hydrogen (secondary N) is 1. The zero-order valence-corrected chi connectivity index (χ0v) is 20.8. The van der Waals surface area contributed by atoms with Gasteiger partial charge in [-0.2, -0.15) is 4.31 Å². The van der Waals surface area contributed by atoms with Crippen molar-refractivity contribution in [2.45, 2.75) is 38.4 Å². The first-order chi connectivity index (χ1) is 17.2. The second-order valence-corrected chi connectivity index (χ2v) is 11.8. The van der Waals surface area contributed by atoms with Gasteiger partial charge in [-0.3, -0.25) is 4.90 Å². The summed E-state index contributed by atoms with van der Waals surface area (Å²) < 4.78 is 52.6. The van der Waals surface area contributed by atoms with Gasteiger partial charge >= 0.3 is 0 Å². The zero-order chi connectivity index (χ0) is 25.0. The Morgan fingerprint density at radius 2 is 1.78 bits per heavy atom. The topological polar surface area (TPSA) is 81.7 Å². The van der Waals surface area contributed by atoms with Crippen LogP contribution in [0.3, 0.4) is 0 Å². The highest BCUT2D eigenvalue weighted by Gasteiger charge is 2.32. The molecule has 1 aromatic heterocycles. The molecule has 190 valence electrons. The maximum absolute atomic E-state index is 13.7. The number of nitrogens with zero attached hydrogens (tertiary/aromatic N) is 5. The lowest BCUT2D eigenvalue weighted by Crippen LogP contribution is -2.47. The molecule has 0 radical (unpaired) electrons. The fourth-order valence-electron chi connectivity index (χ4n) is 5.15. The second-order valence-electron chi connectivity index (χ2n) is 9.87. The highest BCUT2D eigenvalue weighted by molar-refractivity contribution is 7.88. The molecule has 1 aliphatic carbocycles. The fourth-order valence-corrected chi connectivity index (χ4v) is 5.90. The maximum Gasteiger partial charge on any atom is 0.263 e. The Hall–Kier alpha value is -2.89. The van der Waals surface area contributed by atoms with E-state index >= 15 is 0 Å². The van der Waals surface area contributed by atoms with Crippen molar-refractivity contribution in [1.29, 1.82) is 0 Å². The lowest BCUT2D eigenvalue weighted by Gasteiger charge is -2.36. The molecule has 0 amide bonds. The van der Waals surface area contributed by atoms with E-state index in [2.05, 4.69) is 20.1 Å². The van der Waals surface area contributed by atoms with Crippen LogP contribution in [0.2, 0.25) is 0 Å². The van der Waals surface area contributed by atoms with Crippen LogP contribution in [0.5, 0.6) is 0 Å². The van der Waals surface area contributed by atoms with Gasteiger partial charge in [0.25, 0.3) is 6.43 Å². The molecule has 0 atom stereocenters. The van der Waals surface area contributed by atoms with E-state index in [9.17, 15) is 17.2 Å². The fraction of sp³-hybridized carbons (Fsp3) is 0.440. The summed E-state index contributed by atoms with van der Waals surface area (Å²) in [4.78, 5) is 13.7. The van der Waals surface area contributed by atoms with Crippen LogP contribution in [0.1, 0.15) is 36.0 Å². The average Bonchev–Trinajstić information content (AvgIpc) is 3.61. The first-order valence-corrected chi connectivity index (χ1v) is 14.0. The van der Waals surface area contributed by atoms with Crippen LogP contribution < -0.4 is 10.2 Å². The number of piperazine rings is 1. The quantitative estimate of drug-likeness (QED) is 0.535. The molecule has 8 nitrogen and oxygen atoms in total. The Balaban J connectivity index is 1.29. The van der Waals surface area contributed by atoms with Gasteiger partial charge in [-0.25, -0.2) is 27.2 Å². The number of halogens is 2. The minimum absolute atomic E-state index is 0.0273. The summed E-state index contributed by atoms with van der Waals surface area (Å²) >= 11 is 0. The lowest BCUT2D eigenvalue weighted by molar-refractivity contribution is 0.151. The molecule has 36 heavy (non-hydrogen) atoms. The lowest BCUT2D eigenvalue weighted by atomic mass is 10.1. The number of hydrogen-bond acceptors (Lipinski definition) is 7. The Morgan fingerprint density at radius 1 is 1.03 bits per heavy atom. The molecular weight excluding hydrogens is 486 g/mol. The van der Waals surface area contributed by atoms with Crippen molar-refractivity contribution in [2.24, 2.45) is 0 Å². The highest BCUT2D eigenvalue weighted by atomic mass is 32.2. The summed E-state index contributed by atoms with van der Waals surface area (Å²) in [7, 11) is -3.27. The largest absolute Gasteiger partial charge is 0.367 e. The van der Waals surface area contributed by atoms with Crippen molar-refractivity contribution >= 4 is 38.2 Å². The third kappa shape index (κ3) is 4.62. The molecule has 0 spiro atoms. The smallest absolute Gasteiger partial charge is 0.263 e. The predicted octanol–water partition coefficient (Wildman–Crippen LogP) is 3.87. The predicted molar refractivity (Wildman–Crippen MR) is 135 cm³/mol. The Bertz CT molecular complexity index is 1420. The SMILES string of the molecule is CS(=O)(=O)N1Cc2ccc(Nc3ncc4cc(C(F)F)cc(N5CCN(C6CC6)CC5)c4n3)cc2C1. The molecule has 1 N–H and O–H groups in total. The number of alkyl halides is 2. The number of benzene rings is 2. The number of sulfonamides is 1. The molecule has 2 aromatic carbocycles. The number of anilines is 3. The van der Waals surface area contributed by atoms with Crippen molar-refractivity contribution in [1.82, 2.24) is 19.2 Å². The van der Waals surface area contributed by atoms with E-state index in [1.54, 1.807) is 12.3 Å². The molecule has 3 aliphatic rings. The van der Waals surface area contributed by atoms with Crippen molar-refractivity contribution < 1.29 is 17.2 Å².